The Morgan fingerprint density at radius 1 is 1.40 bits per heavy atom. The van der Waals surface area contributed by atoms with Gasteiger partial charge in [-0.1, -0.05) is 6.08 Å². The molecule has 108 valence electrons. The molecule has 0 aliphatic heterocycles. The van der Waals surface area contributed by atoms with E-state index in [0.29, 0.717) is 12.2 Å². The highest BCUT2D eigenvalue weighted by Crippen LogP contribution is 2.13. The van der Waals surface area contributed by atoms with Crippen LogP contribution in [0, 0.1) is 5.82 Å². The van der Waals surface area contributed by atoms with Crippen LogP contribution in [0.5, 0.6) is 0 Å². The van der Waals surface area contributed by atoms with Crippen molar-refractivity contribution in [2.24, 2.45) is 0 Å². The Balaban J connectivity index is 2.34. The Hall–Kier alpha value is -1.82. The van der Waals surface area contributed by atoms with Crippen LogP contribution in [-0.2, 0) is 9.59 Å². The van der Waals surface area contributed by atoms with Crippen LogP contribution in [0.3, 0.4) is 0 Å². The minimum absolute atomic E-state index is 0.135. The predicted octanol–water partition coefficient (Wildman–Crippen LogP) is 2.19. The second kappa shape index (κ2) is 8.37. The van der Waals surface area contributed by atoms with Crippen molar-refractivity contribution in [3.63, 3.8) is 0 Å². The zero-order valence-electron chi connectivity index (χ0n) is 11.2. The van der Waals surface area contributed by atoms with E-state index in [9.17, 15) is 14.0 Å². The van der Waals surface area contributed by atoms with Crippen molar-refractivity contribution >= 4 is 29.3 Å². The average molecular weight is 296 g/mol. The Bertz CT molecular complexity index is 477. The van der Waals surface area contributed by atoms with E-state index in [1.807, 2.05) is 0 Å². The normalized spacial score (nSPS) is 11.5. The van der Waals surface area contributed by atoms with Crippen LogP contribution >= 0.6 is 11.8 Å². The van der Waals surface area contributed by atoms with Crippen molar-refractivity contribution in [1.82, 2.24) is 5.32 Å². The van der Waals surface area contributed by atoms with Gasteiger partial charge in [0.1, 0.15) is 5.82 Å². The first-order valence-corrected chi connectivity index (χ1v) is 7.13. The molecule has 1 aromatic carbocycles. The summed E-state index contributed by atoms with van der Waals surface area (Å²) in [4.78, 5) is 23.2. The van der Waals surface area contributed by atoms with E-state index < -0.39 is 0 Å². The van der Waals surface area contributed by atoms with Crippen LogP contribution in [0.1, 0.15) is 6.92 Å². The van der Waals surface area contributed by atoms with Crippen LogP contribution in [0.25, 0.3) is 0 Å². The molecule has 2 N–H and O–H groups in total. The van der Waals surface area contributed by atoms with Crippen molar-refractivity contribution in [3.8, 4) is 0 Å². The number of hydrogen-bond donors (Lipinski definition) is 2. The number of carbonyl (C=O) groups excluding carboxylic acids is 2. The van der Waals surface area contributed by atoms with Gasteiger partial charge in [0.15, 0.2) is 0 Å². The summed E-state index contributed by atoms with van der Waals surface area (Å²) < 4.78 is 12.7. The predicted molar refractivity (Wildman–Crippen MR) is 80.2 cm³/mol. The molecule has 0 saturated heterocycles. The second-order valence-electron chi connectivity index (χ2n) is 4.04. The quantitative estimate of drug-likeness (QED) is 0.758. The zero-order valence-corrected chi connectivity index (χ0v) is 12.0. The molecular formula is C14H17FN2O2S. The number of halogens is 1. The molecule has 6 heteroatoms. The number of rotatable bonds is 7. The molecule has 0 spiro atoms. The maximum atomic E-state index is 12.7. The first kappa shape index (κ1) is 16.2. The van der Waals surface area contributed by atoms with Crippen molar-refractivity contribution in [2.45, 2.75) is 12.2 Å². The Morgan fingerprint density at radius 3 is 2.65 bits per heavy atom. The Kier molecular flexibility index (Phi) is 6.79. The molecule has 0 fully saturated rings. The molecule has 0 heterocycles. The van der Waals surface area contributed by atoms with Crippen LogP contribution in [-0.4, -0.2) is 29.4 Å². The lowest BCUT2D eigenvalue weighted by Gasteiger charge is -2.11. The van der Waals surface area contributed by atoms with E-state index in [2.05, 4.69) is 17.2 Å². The third-order valence-corrected chi connectivity index (χ3v) is 3.53. The number of amides is 2. The average Bonchev–Trinajstić information content (AvgIpc) is 2.44. The zero-order chi connectivity index (χ0) is 15.0. The van der Waals surface area contributed by atoms with Gasteiger partial charge in [-0.25, -0.2) is 4.39 Å². The second-order valence-corrected chi connectivity index (χ2v) is 5.37. The van der Waals surface area contributed by atoms with Crippen molar-refractivity contribution in [3.05, 3.63) is 42.7 Å². The summed E-state index contributed by atoms with van der Waals surface area (Å²) >= 11 is 1.23. The van der Waals surface area contributed by atoms with E-state index >= 15 is 0 Å². The Labute approximate surface area is 121 Å². The smallest absolute Gasteiger partial charge is 0.234 e. The topological polar surface area (TPSA) is 58.2 Å². The number of nitrogens with one attached hydrogen (secondary N) is 2. The van der Waals surface area contributed by atoms with Gasteiger partial charge in [-0.2, -0.15) is 0 Å². The van der Waals surface area contributed by atoms with Gasteiger partial charge in [0.05, 0.1) is 11.0 Å². The molecule has 0 aromatic heterocycles. The molecule has 1 unspecified atom stereocenters. The molecule has 0 radical (unpaired) electrons. The highest BCUT2D eigenvalue weighted by molar-refractivity contribution is 8.01. The molecule has 1 aromatic rings. The van der Waals surface area contributed by atoms with Crippen molar-refractivity contribution in [2.75, 3.05) is 17.6 Å². The molecule has 1 rings (SSSR count). The molecule has 20 heavy (non-hydrogen) atoms. The van der Waals surface area contributed by atoms with Gasteiger partial charge in [-0.3, -0.25) is 9.59 Å². The molecule has 1 atom stereocenters. The van der Waals surface area contributed by atoms with Gasteiger partial charge >= 0.3 is 0 Å². The van der Waals surface area contributed by atoms with Gasteiger partial charge < -0.3 is 10.6 Å². The summed E-state index contributed by atoms with van der Waals surface area (Å²) in [6.07, 6.45) is 1.59. The maximum Gasteiger partial charge on any atom is 0.234 e. The van der Waals surface area contributed by atoms with Gasteiger partial charge in [0, 0.05) is 12.2 Å². The third kappa shape index (κ3) is 5.88. The van der Waals surface area contributed by atoms with E-state index in [1.54, 1.807) is 13.0 Å². The summed E-state index contributed by atoms with van der Waals surface area (Å²) in [6, 6.07) is 5.51. The van der Waals surface area contributed by atoms with Crippen LogP contribution in [0.2, 0.25) is 0 Å². The molecule has 0 aliphatic carbocycles. The summed E-state index contributed by atoms with van der Waals surface area (Å²) in [5.41, 5.74) is 0.528. The minimum atomic E-state index is -0.357. The van der Waals surface area contributed by atoms with E-state index in [4.69, 9.17) is 0 Å². The lowest BCUT2D eigenvalue weighted by atomic mass is 10.3. The van der Waals surface area contributed by atoms with Gasteiger partial charge in [0.2, 0.25) is 11.8 Å². The fourth-order valence-corrected chi connectivity index (χ4v) is 2.03. The van der Waals surface area contributed by atoms with Gasteiger partial charge in [-0.15, -0.1) is 18.3 Å². The summed E-state index contributed by atoms with van der Waals surface area (Å²) in [5.74, 6) is -0.570. The highest BCUT2D eigenvalue weighted by atomic mass is 32.2. The van der Waals surface area contributed by atoms with Crippen molar-refractivity contribution in [1.29, 1.82) is 0 Å². The number of hydrogen-bond acceptors (Lipinski definition) is 3. The van der Waals surface area contributed by atoms with E-state index in [0.717, 1.165) is 0 Å². The standard InChI is InChI=1S/C14H17FN2O2S/c1-3-8-16-14(19)10(2)20-9-13(18)17-12-6-4-11(15)5-7-12/h3-7,10H,1,8-9H2,2H3,(H,16,19)(H,17,18). The molecule has 0 bridgehead atoms. The molecule has 2 amide bonds. The third-order valence-electron chi connectivity index (χ3n) is 2.38. The lowest BCUT2D eigenvalue weighted by molar-refractivity contribution is -0.120. The van der Waals surface area contributed by atoms with Crippen molar-refractivity contribution < 1.29 is 14.0 Å². The highest BCUT2D eigenvalue weighted by Gasteiger charge is 2.14. The summed E-state index contributed by atoms with van der Waals surface area (Å²) in [5, 5.41) is 4.97. The first-order valence-electron chi connectivity index (χ1n) is 6.08. The Morgan fingerprint density at radius 2 is 2.05 bits per heavy atom. The molecule has 0 saturated carbocycles. The van der Waals surface area contributed by atoms with Crippen LogP contribution < -0.4 is 10.6 Å². The van der Waals surface area contributed by atoms with Crippen LogP contribution in [0.15, 0.2) is 36.9 Å². The monoisotopic (exact) mass is 296 g/mol. The van der Waals surface area contributed by atoms with Gasteiger partial charge in [0.25, 0.3) is 0 Å². The SMILES string of the molecule is C=CCNC(=O)C(C)SCC(=O)Nc1ccc(F)cc1. The summed E-state index contributed by atoms with van der Waals surface area (Å²) in [7, 11) is 0. The fourth-order valence-electron chi connectivity index (χ4n) is 1.32. The molecular weight excluding hydrogens is 279 g/mol. The fraction of sp³-hybridized carbons (Fsp3) is 0.286. The minimum Gasteiger partial charge on any atom is -0.352 e. The largest absolute Gasteiger partial charge is 0.352 e. The number of anilines is 1. The summed E-state index contributed by atoms with van der Waals surface area (Å²) in [6.45, 7) is 5.65. The molecule has 4 nitrogen and oxygen atoms in total. The lowest BCUT2D eigenvalue weighted by Crippen LogP contribution is -2.31. The number of carbonyl (C=O) groups is 2. The van der Waals surface area contributed by atoms with E-state index in [1.165, 1.54) is 36.0 Å². The molecule has 0 aliphatic rings. The number of benzene rings is 1. The number of thioether (sulfide) groups is 1. The van der Waals surface area contributed by atoms with Crippen LogP contribution in [0.4, 0.5) is 10.1 Å². The maximum absolute atomic E-state index is 12.7. The van der Waals surface area contributed by atoms with Gasteiger partial charge in [-0.05, 0) is 31.2 Å². The first-order chi connectivity index (χ1) is 9.52. The van der Waals surface area contributed by atoms with E-state index in [-0.39, 0.29) is 28.6 Å².